The van der Waals surface area contributed by atoms with Crippen LogP contribution in [0.3, 0.4) is 0 Å². The fraction of sp³-hybridized carbons (Fsp3) is 0.435. The van der Waals surface area contributed by atoms with Gasteiger partial charge in [0.1, 0.15) is 18.2 Å². The van der Waals surface area contributed by atoms with Crippen molar-refractivity contribution in [3.8, 4) is 5.75 Å². The molecular weight excluding hydrogens is 391 g/mol. The normalized spacial score (nSPS) is 15.3. The molecule has 1 saturated heterocycles. The van der Waals surface area contributed by atoms with Crippen molar-refractivity contribution in [1.29, 1.82) is 0 Å². The number of piperidine rings is 1. The van der Waals surface area contributed by atoms with E-state index in [0.717, 1.165) is 31.7 Å². The summed E-state index contributed by atoms with van der Waals surface area (Å²) >= 11 is 6.12. The van der Waals surface area contributed by atoms with Crippen LogP contribution in [0.5, 0.6) is 5.75 Å². The molecule has 1 heterocycles. The second kappa shape index (κ2) is 10.1. The molecule has 1 aliphatic rings. The van der Waals surface area contributed by atoms with Gasteiger partial charge >= 0.3 is 0 Å². The lowest BCUT2D eigenvalue weighted by molar-refractivity contribution is -0.126. The molecule has 0 unspecified atom stereocenters. The lowest BCUT2D eigenvalue weighted by Crippen LogP contribution is -2.41. The molecule has 3 rings (SSSR count). The summed E-state index contributed by atoms with van der Waals surface area (Å²) in [6.07, 6.45) is 1.52. The number of amides is 1. The molecule has 2 aromatic carbocycles. The van der Waals surface area contributed by atoms with E-state index in [0.29, 0.717) is 30.3 Å². The van der Waals surface area contributed by atoms with Crippen molar-refractivity contribution in [3.05, 3.63) is 63.9 Å². The first-order chi connectivity index (χ1) is 13.9. The number of hydrogen-bond donors (Lipinski definition) is 1. The summed E-state index contributed by atoms with van der Waals surface area (Å²) in [5.41, 5.74) is 2.95. The average molecular weight is 419 g/mol. The Morgan fingerprint density at radius 2 is 1.97 bits per heavy atom. The molecule has 0 bridgehead atoms. The molecule has 2 aromatic rings. The molecule has 29 heavy (non-hydrogen) atoms. The van der Waals surface area contributed by atoms with Gasteiger partial charge in [0.05, 0.1) is 6.54 Å². The molecule has 1 aliphatic heterocycles. The number of nitrogens with one attached hydrogen (secondary N) is 1. The van der Waals surface area contributed by atoms with E-state index in [1.165, 1.54) is 17.2 Å². The number of ether oxygens (including phenoxy) is 1. The largest absolute Gasteiger partial charge is 0.492 e. The van der Waals surface area contributed by atoms with Gasteiger partial charge in [-0.3, -0.25) is 9.69 Å². The topological polar surface area (TPSA) is 41.6 Å². The number of rotatable bonds is 7. The highest BCUT2D eigenvalue weighted by Crippen LogP contribution is 2.24. The third-order valence-electron chi connectivity index (χ3n) is 5.55. The molecule has 6 heteroatoms. The van der Waals surface area contributed by atoms with Crippen LogP contribution in [0.1, 0.15) is 29.5 Å². The minimum atomic E-state index is -0.277. The maximum absolute atomic E-state index is 14.0. The lowest BCUT2D eigenvalue weighted by atomic mass is 9.95. The van der Waals surface area contributed by atoms with E-state index >= 15 is 0 Å². The van der Waals surface area contributed by atoms with Crippen molar-refractivity contribution >= 4 is 17.5 Å². The monoisotopic (exact) mass is 418 g/mol. The summed E-state index contributed by atoms with van der Waals surface area (Å²) in [7, 11) is 0. The Morgan fingerprint density at radius 1 is 1.21 bits per heavy atom. The molecule has 0 spiro atoms. The Bertz CT molecular complexity index is 831. The van der Waals surface area contributed by atoms with Gasteiger partial charge in [0, 0.05) is 23.0 Å². The second-order valence-electron chi connectivity index (χ2n) is 7.64. The highest BCUT2D eigenvalue weighted by Gasteiger charge is 2.25. The highest BCUT2D eigenvalue weighted by atomic mass is 35.5. The Morgan fingerprint density at radius 3 is 2.66 bits per heavy atom. The third kappa shape index (κ3) is 5.94. The van der Waals surface area contributed by atoms with Gasteiger partial charge in [-0.2, -0.15) is 0 Å². The number of likely N-dealkylation sites (tertiary alicyclic amines) is 1. The smallest absolute Gasteiger partial charge is 0.223 e. The predicted molar refractivity (Wildman–Crippen MR) is 114 cm³/mol. The van der Waals surface area contributed by atoms with E-state index in [-0.39, 0.29) is 17.6 Å². The van der Waals surface area contributed by atoms with Crippen LogP contribution in [-0.4, -0.2) is 37.0 Å². The summed E-state index contributed by atoms with van der Waals surface area (Å²) < 4.78 is 19.7. The van der Waals surface area contributed by atoms with Gasteiger partial charge in [0.25, 0.3) is 0 Å². The third-order valence-corrected chi connectivity index (χ3v) is 5.90. The fourth-order valence-electron chi connectivity index (χ4n) is 3.55. The number of benzene rings is 2. The van der Waals surface area contributed by atoms with Crippen LogP contribution in [0.2, 0.25) is 5.02 Å². The molecule has 0 saturated carbocycles. The number of hydrogen-bond acceptors (Lipinski definition) is 3. The first-order valence-electron chi connectivity index (χ1n) is 10.1. The first-order valence-corrected chi connectivity index (χ1v) is 10.4. The zero-order valence-corrected chi connectivity index (χ0v) is 17.8. The van der Waals surface area contributed by atoms with Crippen molar-refractivity contribution in [2.45, 2.75) is 33.2 Å². The number of nitrogens with zero attached hydrogens (tertiary/aromatic N) is 1. The molecule has 0 aromatic heterocycles. The summed E-state index contributed by atoms with van der Waals surface area (Å²) in [5, 5.41) is 3.42. The first kappa shape index (κ1) is 21.6. The molecule has 1 fully saturated rings. The summed E-state index contributed by atoms with van der Waals surface area (Å²) in [5.74, 6) is 0.602. The average Bonchev–Trinajstić information content (AvgIpc) is 2.71. The lowest BCUT2D eigenvalue weighted by Gasteiger charge is -2.31. The van der Waals surface area contributed by atoms with Gasteiger partial charge < -0.3 is 10.1 Å². The van der Waals surface area contributed by atoms with E-state index in [2.05, 4.69) is 24.1 Å². The van der Waals surface area contributed by atoms with Crippen LogP contribution in [0.25, 0.3) is 0 Å². The van der Waals surface area contributed by atoms with Crippen molar-refractivity contribution in [2.24, 2.45) is 5.92 Å². The molecule has 1 amide bonds. The summed E-state index contributed by atoms with van der Waals surface area (Å²) in [4.78, 5) is 14.6. The molecule has 0 atom stereocenters. The molecule has 0 radical (unpaired) electrons. The summed E-state index contributed by atoms with van der Waals surface area (Å²) in [6, 6.07) is 10.7. The van der Waals surface area contributed by atoms with Crippen LogP contribution in [0.4, 0.5) is 4.39 Å². The molecule has 0 aliphatic carbocycles. The van der Waals surface area contributed by atoms with Gasteiger partial charge in [0.15, 0.2) is 0 Å². The van der Waals surface area contributed by atoms with Crippen molar-refractivity contribution in [3.63, 3.8) is 0 Å². The number of halogens is 2. The molecular formula is C23H28ClFN2O2. The second-order valence-corrected chi connectivity index (χ2v) is 8.04. The zero-order valence-electron chi connectivity index (χ0n) is 17.0. The van der Waals surface area contributed by atoms with E-state index in [1.54, 1.807) is 12.1 Å². The van der Waals surface area contributed by atoms with Crippen LogP contribution >= 0.6 is 11.6 Å². The molecule has 1 N–H and O–H groups in total. The summed E-state index contributed by atoms with van der Waals surface area (Å²) in [6.45, 7) is 7.02. The van der Waals surface area contributed by atoms with Gasteiger partial charge in [0.2, 0.25) is 5.91 Å². The predicted octanol–water partition coefficient (Wildman–Crippen LogP) is 4.50. The number of carbonyl (C=O) groups is 1. The van der Waals surface area contributed by atoms with Crippen molar-refractivity contribution in [1.82, 2.24) is 10.2 Å². The minimum Gasteiger partial charge on any atom is -0.492 e. The minimum absolute atomic E-state index is 0.0102. The standard InChI is InChI=1S/C23H28ClFN2O2/c1-16-6-7-19(14-17(16)2)29-13-10-26-23(28)18-8-11-27(12-9-18)15-20-21(24)4-3-5-22(20)25/h3-7,14,18H,8-13,15H2,1-2H3,(H,26,28). The van der Waals surface area contributed by atoms with E-state index in [9.17, 15) is 9.18 Å². The van der Waals surface area contributed by atoms with E-state index in [4.69, 9.17) is 16.3 Å². The van der Waals surface area contributed by atoms with E-state index in [1.807, 2.05) is 18.2 Å². The van der Waals surface area contributed by atoms with Crippen LogP contribution in [0.15, 0.2) is 36.4 Å². The van der Waals surface area contributed by atoms with Gasteiger partial charge in [-0.1, -0.05) is 23.7 Å². The maximum atomic E-state index is 14.0. The molecule has 156 valence electrons. The Labute approximate surface area is 177 Å². The number of carbonyl (C=O) groups excluding carboxylic acids is 1. The highest BCUT2D eigenvalue weighted by molar-refractivity contribution is 6.31. The van der Waals surface area contributed by atoms with Crippen LogP contribution < -0.4 is 10.1 Å². The van der Waals surface area contributed by atoms with Gasteiger partial charge in [-0.05, 0) is 75.2 Å². The SMILES string of the molecule is Cc1ccc(OCCNC(=O)C2CCN(Cc3c(F)cccc3Cl)CC2)cc1C. The Hall–Kier alpha value is -2.11. The van der Waals surface area contributed by atoms with Crippen LogP contribution in [-0.2, 0) is 11.3 Å². The quantitative estimate of drug-likeness (QED) is 0.673. The zero-order chi connectivity index (χ0) is 20.8. The van der Waals surface area contributed by atoms with Gasteiger partial charge in [-0.15, -0.1) is 0 Å². The number of aryl methyl sites for hydroxylation is 2. The maximum Gasteiger partial charge on any atom is 0.223 e. The van der Waals surface area contributed by atoms with Crippen molar-refractivity contribution < 1.29 is 13.9 Å². The fourth-order valence-corrected chi connectivity index (χ4v) is 3.77. The van der Waals surface area contributed by atoms with Crippen LogP contribution in [0, 0.1) is 25.6 Å². The van der Waals surface area contributed by atoms with Crippen molar-refractivity contribution in [2.75, 3.05) is 26.2 Å². The van der Waals surface area contributed by atoms with Gasteiger partial charge in [-0.25, -0.2) is 4.39 Å². The van der Waals surface area contributed by atoms with E-state index < -0.39 is 0 Å². The molecule has 4 nitrogen and oxygen atoms in total. The Balaban J connectivity index is 1.38. The Kier molecular flexibility index (Phi) is 7.51.